The van der Waals surface area contributed by atoms with Crippen LogP contribution in [0.3, 0.4) is 0 Å². The van der Waals surface area contributed by atoms with Crippen LogP contribution in [0.5, 0.6) is 0 Å². The molecule has 0 aliphatic carbocycles. The summed E-state index contributed by atoms with van der Waals surface area (Å²) in [5.74, 6) is -0.167. The lowest BCUT2D eigenvalue weighted by Crippen LogP contribution is -1.85. The lowest BCUT2D eigenvalue weighted by molar-refractivity contribution is -0.00235. The van der Waals surface area contributed by atoms with E-state index in [0.717, 1.165) is 6.29 Å². The van der Waals surface area contributed by atoms with Gasteiger partial charge in [-0.25, -0.2) is 0 Å². The fourth-order valence-electron chi connectivity index (χ4n) is 0.310. The van der Waals surface area contributed by atoms with Crippen molar-refractivity contribution >= 4 is 0 Å². The van der Waals surface area contributed by atoms with E-state index in [1.807, 2.05) is 6.92 Å². The molecule has 2 heteroatoms. The van der Waals surface area contributed by atoms with Gasteiger partial charge >= 0.3 is 0 Å². The molecule has 0 aromatic rings. The van der Waals surface area contributed by atoms with Crippen LogP contribution in [-0.2, 0) is 9.47 Å². The molecule has 2 rings (SSSR count). The number of hydrogen-bond donors (Lipinski definition) is 0. The van der Waals surface area contributed by atoms with Gasteiger partial charge in [-0.1, -0.05) is 0 Å². The van der Waals surface area contributed by atoms with E-state index >= 15 is 0 Å². The Bertz CT molecular complexity index is 73.0. The van der Waals surface area contributed by atoms with E-state index in [2.05, 4.69) is 9.47 Å². The van der Waals surface area contributed by atoms with Crippen LogP contribution in [0.15, 0.2) is 0 Å². The molecule has 0 saturated carbocycles. The lowest BCUT2D eigenvalue weighted by atomic mass is 10.6. The molecule has 2 aliphatic heterocycles. The van der Waals surface area contributed by atoms with E-state index < -0.39 is 0 Å². The highest BCUT2D eigenvalue weighted by atomic mass is 17.0. The zero-order valence-corrected chi connectivity index (χ0v) is 2.82. The van der Waals surface area contributed by atoms with E-state index in [0.29, 0.717) is 0 Å². The Morgan fingerprint density at radius 2 is 1.80 bits per heavy atom. The van der Waals surface area contributed by atoms with Gasteiger partial charge in [0, 0.05) is 0 Å². The van der Waals surface area contributed by atoms with Crippen LogP contribution < -0.4 is 0 Å². The molecule has 27 valence electrons. The highest BCUT2D eigenvalue weighted by Crippen LogP contribution is 2.63. The minimum Gasteiger partial charge on any atom is -0.302 e. The standard InChI is InChI=1S/C3H3O2/c1-3-2(4-3)5-3/h1H3. The quantitative estimate of drug-likeness (QED) is 0.382. The van der Waals surface area contributed by atoms with Crippen molar-refractivity contribution < 1.29 is 9.47 Å². The summed E-state index contributed by atoms with van der Waals surface area (Å²) in [6.07, 6.45) is 0.817. The predicted octanol–water partition coefficient (Wildman–Crippen LogP) is 0.252. The Hall–Kier alpha value is -0.0800. The third kappa shape index (κ3) is 0.102. The first kappa shape index (κ1) is 2.16. The second kappa shape index (κ2) is 0.280. The molecule has 0 bridgehead atoms. The van der Waals surface area contributed by atoms with Crippen LogP contribution >= 0.6 is 0 Å². The Morgan fingerprint density at radius 3 is 1.80 bits per heavy atom. The molecular formula is C3H3O2. The molecule has 0 amide bonds. The molecule has 2 fully saturated rings. The zero-order valence-electron chi connectivity index (χ0n) is 2.82. The van der Waals surface area contributed by atoms with Gasteiger partial charge in [-0.15, -0.1) is 0 Å². The molecule has 1 radical (unpaired) electrons. The first-order valence-electron chi connectivity index (χ1n) is 1.57. The Morgan fingerprint density at radius 1 is 1.60 bits per heavy atom. The average Bonchev–Trinajstić information content (AvgIpc) is 1.74. The van der Waals surface area contributed by atoms with Crippen molar-refractivity contribution in [3.63, 3.8) is 0 Å². The van der Waals surface area contributed by atoms with Gasteiger partial charge in [-0.2, -0.15) is 0 Å². The third-order valence-electron chi connectivity index (χ3n) is 0.862. The first-order valence-corrected chi connectivity index (χ1v) is 1.57. The fraction of sp³-hybridized carbons (Fsp3) is 0.667. The predicted molar refractivity (Wildman–Crippen MR) is 13.8 cm³/mol. The van der Waals surface area contributed by atoms with Crippen molar-refractivity contribution in [1.82, 2.24) is 0 Å². The van der Waals surface area contributed by atoms with Gasteiger partial charge in [0.1, 0.15) is 0 Å². The van der Waals surface area contributed by atoms with Crippen LogP contribution in [0.25, 0.3) is 0 Å². The lowest BCUT2D eigenvalue weighted by Gasteiger charge is -1.80. The molecule has 5 heavy (non-hydrogen) atoms. The van der Waals surface area contributed by atoms with E-state index in [1.54, 1.807) is 0 Å². The van der Waals surface area contributed by atoms with Gasteiger partial charge in [-0.05, 0) is 6.92 Å². The van der Waals surface area contributed by atoms with Crippen molar-refractivity contribution in [1.29, 1.82) is 0 Å². The van der Waals surface area contributed by atoms with Crippen molar-refractivity contribution in [3.05, 3.63) is 6.29 Å². The SMILES string of the molecule is CC12O[C]1O2. The maximum absolute atomic E-state index is 4.69. The summed E-state index contributed by atoms with van der Waals surface area (Å²) in [5, 5.41) is 0. The van der Waals surface area contributed by atoms with Gasteiger partial charge in [0.05, 0.1) is 0 Å². The largest absolute Gasteiger partial charge is 0.302 e. The molecule has 0 aromatic carbocycles. The van der Waals surface area contributed by atoms with Crippen LogP contribution in [0.1, 0.15) is 6.92 Å². The van der Waals surface area contributed by atoms with Crippen LogP contribution in [-0.4, -0.2) is 5.79 Å². The zero-order chi connectivity index (χ0) is 3.49. The minimum absolute atomic E-state index is 0.167. The van der Waals surface area contributed by atoms with Gasteiger partial charge in [0.25, 0.3) is 6.29 Å². The maximum atomic E-state index is 4.69. The number of rotatable bonds is 0. The Balaban J connectivity index is 2.37. The molecule has 0 aromatic heterocycles. The van der Waals surface area contributed by atoms with Gasteiger partial charge in [-0.3, -0.25) is 0 Å². The summed E-state index contributed by atoms with van der Waals surface area (Å²) >= 11 is 0. The highest BCUT2D eigenvalue weighted by molar-refractivity contribution is 5.16. The van der Waals surface area contributed by atoms with Crippen molar-refractivity contribution in [2.45, 2.75) is 12.7 Å². The number of fused-ring (bicyclic) bond motifs is 1. The summed E-state index contributed by atoms with van der Waals surface area (Å²) in [5.41, 5.74) is 0. The summed E-state index contributed by atoms with van der Waals surface area (Å²) in [6.45, 7) is 1.89. The molecule has 0 atom stereocenters. The monoisotopic (exact) mass is 71.0 g/mol. The van der Waals surface area contributed by atoms with Crippen LogP contribution in [0.4, 0.5) is 0 Å². The van der Waals surface area contributed by atoms with E-state index in [-0.39, 0.29) is 5.79 Å². The minimum atomic E-state index is -0.167. The Kier molecular flexibility index (Phi) is 0.121. The maximum Gasteiger partial charge on any atom is 0.290 e. The smallest absolute Gasteiger partial charge is 0.290 e. The van der Waals surface area contributed by atoms with Gasteiger partial charge in [0.2, 0.25) is 5.79 Å². The average molecular weight is 71.1 g/mol. The second-order valence-corrected chi connectivity index (χ2v) is 1.44. The molecule has 0 unspecified atom stereocenters. The fourth-order valence-corrected chi connectivity index (χ4v) is 0.310. The van der Waals surface area contributed by atoms with Crippen LogP contribution in [0, 0.1) is 6.29 Å². The highest BCUT2D eigenvalue weighted by Gasteiger charge is 2.76. The summed E-state index contributed by atoms with van der Waals surface area (Å²) in [6, 6.07) is 0. The molecule has 2 aliphatic rings. The second-order valence-electron chi connectivity index (χ2n) is 1.44. The van der Waals surface area contributed by atoms with E-state index in [1.165, 1.54) is 0 Å². The normalized spacial score (nSPS) is 40.2. The summed E-state index contributed by atoms with van der Waals surface area (Å²) < 4.78 is 9.38. The number of epoxide rings is 2. The van der Waals surface area contributed by atoms with E-state index in [9.17, 15) is 0 Å². The topological polar surface area (TPSA) is 25.1 Å². The van der Waals surface area contributed by atoms with Gasteiger partial charge in [0.15, 0.2) is 0 Å². The summed E-state index contributed by atoms with van der Waals surface area (Å²) in [7, 11) is 0. The van der Waals surface area contributed by atoms with Crippen LogP contribution in [0.2, 0.25) is 0 Å². The molecule has 0 spiro atoms. The van der Waals surface area contributed by atoms with E-state index in [4.69, 9.17) is 0 Å². The Labute approximate surface area is 29.7 Å². The van der Waals surface area contributed by atoms with Crippen molar-refractivity contribution in [2.24, 2.45) is 0 Å². The van der Waals surface area contributed by atoms with Crippen molar-refractivity contribution in [3.8, 4) is 0 Å². The molecule has 2 heterocycles. The first-order chi connectivity index (χ1) is 2.31. The van der Waals surface area contributed by atoms with Crippen molar-refractivity contribution in [2.75, 3.05) is 0 Å². The molecule has 2 nitrogen and oxygen atoms in total. The number of hydrogen-bond acceptors (Lipinski definition) is 2. The molecule has 0 N–H and O–H groups in total. The molecule has 2 saturated heterocycles. The molecular weight excluding hydrogens is 68.0 g/mol. The number of ether oxygens (including phenoxy) is 2. The van der Waals surface area contributed by atoms with Gasteiger partial charge < -0.3 is 9.47 Å². The summed E-state index contributed by atoms with van der Waals surface area (Å²) in [4.78, 5) is 0. The third-order valence-corrected chi connectivity index (χ3v) is 0.862.